The highest BCUT2D eigenvalue weighted by Crippen LogP contribution is 2.22. The van der Waals surface area contributed by atoms with Crippen molar-refractivity contribution in [2.75, 3.05) is 13.1 Å². The van der Waals surface area contributed by atoms with Gasteiger partial charge in [0.2, 0.25) is 5.91 Å². The van der Waals surface area contributed by atoms with Crippen LogP contribution in [-0.4, -0.2) is 46.6 Å². The van der Waals surface area contributed by atoms with Crippen LogP contribution in [0.3, 0.4) is 0 Å². The van der Waals surface area contributed by atoms with Gasteiger partial charge in [0, 0.05) is 12.1 Å². The van der Waals surface area contributed by atoms with E-state index in [4.69, 9.17) is 5.11 Å². The van der Waals surface area contributed by atoms with Crippen LogP contribution in [0.1, 0.15) is 27.2 Å². The minimum absolute atomic E-state index is 0.136. The fourth-order valence-corrected chi connectivity index (χ4v) is 2.10. The highest BCUT2D eigenvalue weighted by molar-refractivity contribution is 5.87. The van der Waals surface area contributed by atoms with Gasteiger partial charge >= 0.3 is 5.97 Å². The maximum absolute atomic E-state index is 11.6. The zero-order chi connectivity index (χ0) is 11.6. The van der Waals surface area contributed by atoms with Crippen LogP contribution >= 0.6 is 0 Å². The molecule has 5 nitrogen and oxygen atoms in total. The number of carbonyl (C=O) groups is 2. The lowest BCUT2D eigenvalue weighted by atomic mass is 9.94. The number of rotatable bonds is 3. The summed E-state index contributed by atoms with van der Waals surface area (Å²) in [6.45, 7) is 7.19. The third-order valence-corrected chi connectivity index (χ3v) is 2.86. The molecule has 1 heterocycles. The first-order chi connectivity index (χ1) is 6.88. The van der Waals surface area contributed by atoms with Crippen LogP contribution in [0, 0.1) is 0 Å². The quantitative estimate of drug-likeness (QED) is 0.697. The predicted octanol–water partition coefficient (Wildman–Crippen LogP) is 0.0600. The van der Waals surface area contributed by atoms with Gasteiger partial charge in [-0.05, 0) is 20.4 Å². The second-order valence-electron chi connectivity index (χ2n) is 4.43. The lowest BCUT2D eigenvalue weighted by Gasteiger charge is -2.46. The predicted molar refractivity (Wildman–Crippen MR) is 55.5 cm³/mol. The summed E-state index contributed by atoms with van der Waals surface area (Å²) >= 11 is 0. The number of aliphatic carboxylic acids is 1. The third-order valence-electron chi connectivity index (χ3n) is 2.86. The van der Waals surface area contributed by atoms with Crippen LogP contribution in [0.2, 0.25) is 0 Å². The molecule has 1 unspecified atom stereocenters. The first kappa shape index (κ1) is 12.0. The van der Waals surface area contributed by atoms with Crippen molar-refractivity contribution < 1.29 is 14.7 Å². The molecule has 1 atom stereocenters. The van der Waals surface area contributed by atoms with Crippen molar-refractivity contribution in [3.63, 3.8) is 0 Å². The average molecular weight is 214 g/mol. The van der Waals surface area contributed by atoms with Gasteiger partial charge in [-0.15, -0.1) is 0 Å². The number of piperazine rings is 1. The molecular weight excluding hydrogens is 196 g/mol. The number of hydrogen-bond acceptors (Lipinski definition) is 3. The summed E-state index contributed by atoms with van der Waals surface area (Å²) in [5.74, 6) is -1.12. The highest BCUT2D eigenvalue weighted by atomic mass is 16.4. The SMILES string of the molecule is CCN1C(CC(=O)O)C(=O)NCC1(C)C. The van der Waals surface area contributed by atoms with Gasteiger partial charge in [-0.3, -0.25) is 14.5 Å². The van der Waals surface area contributed by atoms with Crippen molar-refractivity contribution >= 4 is 11.9 Å². The minimum Gasteiger partial charge on any atom is -0.481 e. The number of nitrogens with zero attached hydrogens (tertiary/aromatic N) is 1. The van der Waals surface area contributed by atoms with Gasteiger partial charge in [0.15, 0.2) is 0 Å². The van der Waals surface area contributed by atoms with Crippen LogP contribution in [0.25, 0.3) is 0 Å². The van der Waals surface area contributed by atoms with Crippen molar-refractivity contribution in [1.82, 2.24) is 10.2 Å². The molecule has 1 aliphatic rings. The Morgan fingerprint density at radius 1 is 1.67 bits per heavy atom. The smallest absolute Gasteiger partial charge is 0.305 e. The van der Waals surface area contributed by atoms with E-state index in [1.54, 1.807) is 0 Å². The molecule has 0 aromatic heterocycles. The second-order valence-corrected chi connectivity index (χ2v) is 4.43. The monoisotopic (exact) mass is 214 g/mol. The fourth-order valence-electron chi connectivity index (χ4n) is 2.10. The van der Waals surface area contributed by atoms with Gasteiger partial charge in [0.25, 0.3) is 0 Å². The average Bonchev–Trinajstić information content (AvgIpc) is 2.11. The zero-order valence-corrected chi connectivity index (χ0v) is 9.41. The molecule has 0 aromatic rings. The standard InChI is InChI=1S/C10H18N2O3/c1-4-12-7(5-8(13)14)9(15)11-6-10(12,2)3/h7H,4-6H2,1-3H3,(H,11,15)(H,13,14). The number of carboxylic acids is 1. The number of amides is 1. The Balaban J connectivity index is 2.86. The number of nitrogens with one attached hydrogen (secondary N) is 1. The van der Waals surface area contributed by atoms with E-state index < -0.39 is 12.0 Å². The van der Waals surface area contributed by atoms with Gasteiger partial charge in [-0.1, -0.05) is 6.92 Å². The van der Waals surface area contributed by atoms with Gasteiger partial charge in [0.1, 0.15) is 6.04 Å². The van der Waals surface area contributed by atoms with E-state index >= 15 is 0 Å². The Kier molecular flexibility index (Phi) is 3.34. The maximum Gasteiger partial charge on any atom is 0.305 e. The minimum atomic E-state index is -0.939. The number of carbonyl (C=O) groups excluding carboxylic acids is 1. The van der Waals surface area contributed by atoms with Crippen LogP contribution < -0.4 is 5.32 Å². The molecule has 1 rings (SSSR count). The largest absolute Gasteiger partial charge is 0.481 e. The van der Waals surface area contributed by atoms with Gasteiger partial charge in [0.05, 0.1) is 6.42 Å². The first-order valence-corrected chi connectivity index (χ1v) is 5.14. The molecule has 0 bridgehead atoms. The van der Waals surface area contributed by atoms with Crippen molar-refractivity contribution in [3.05, 3.63) is 0 Å². The highest BCUT2D eigenvalue weighted by Gasteiger charge is 2.40. The molecule has 0 aromatic carbocycles. The molecule has 1 fully saturated rings. The Labute approximate surface area is 89.4 Å². The molecule has 1 saturated heterocycles. The topological polar surface area (TPSA) is 69.6 Å². The molecule has 0 spiro atoms. The maximum atomic E-state index is 11.6. The van der Waals surface area contributed by atoms with Gasteiger partial charge < -0.3 is 10.4 Å². The van der Waals surface area contributed by atoms with Crippen LogP contribution in [0.4, 0.5) is 0 Å². The second kappa shape index (κ2) is 4.18. The Morgan fingerprint density at radius 2 is 2.27 bits per heavy atom. The Bertz CT molecular complexity index is 276. The van der Waals surface area contributed by atoms with E-state index in [1.165, 1.54) is 0 Å². The van der Waals surface area contributed by atoms with E-state index in [9.17, 15) is 9.59 Å². The molecule has 15 heavy (non-hydrogen) atoms. The van der Waals surface area contributed by atoms with Gasteiger partial charge in [-0.25, -0.2) is 0 Å². The third kappa shape index (κ3) is 2.47. The molecule has 2 N–H and O–H groups in total. The molecule has 1 amide bonds. The van der Waals surface area contributed by atoms with Crippen LogP contribution in [0.5, 0.6) is 0 Å². The summed E-state index contributed by atoms with van der Waals surface area (Å²) in [5.41, 5.74) is -0.178. The van der Waals surface area contributed by atoms with E-state index in [1.807, 2.05) is 25.7 Å². The van der Waals surface area contributed by atoms with Crippen LogP contribution in [0.15, 0.2) is 0 Å². The Morgan fingerprint density at radius 3 is 2.73 bits per heavy atom. The molecule has 86 valence electrons. The summed E-state index contributed by atoms with van der Waals surface area (Å²) < 4.78 is 0. The van der Waals surface area contributed by atoms with Crippen molar-refractivity contribution in [2.24, 2.45) is 0 Å². The number of carboxylic acid groups (broad SMARTS) is 1. The molecule has 0 radical (unpaired) electrons. The Hall–Kier alpha value is -1.10. The number of hydrogen-bond donors (Lipinski definition) is 2. The first-order valence-electron chi connectivity index (χ1n) is 5.14. The molecule has 1 aliphatic heterocycles. The summed E-state index contributed by atoms with van der Waals surface area (Å²) in [5, 5.41) is 11.5. The fraction of sp³-hybridized carbons (Fsp3) is 0.800. The molecule has 5 heteroatoms. The summed E-state index contributed by atoms with van der Waals surface area (Å²) in [6.07, 6.45) is -0.136. The number of likely N-dealkylation sites (N-methyl/N-ethyl adjacent to an activating group) is 1. The lowest BCUT2D eigenvalue weighted by molar-refractivity contribution is -0.146. The van der Waals surface area contributed by atoms with E-state index in [0.717, 1.165) is 0 Å². The van der Waals surface area contributed by atoms with Crippen LogP contribution in [-0.2, 0) is 9.59 Å². The molecule has 0 saturated carbocycles. The van der Waals surface area contributed by atoms with Gasteiger partial charge in [-0.2, -0.15) is 0 Å². The normalized spacial score (nSPS) is 26.1. The summed E-state index contributed by atoms with van der Waals surface area (Å²) in [4.78, 5) is 24.2. The summed E-state index contributed by atoms with van der Waals surface area (Å²) in [7, 11) is 0. The van der Waals surface area contributed by atoms with E-state index in [-0.39, 0.29) is 17.9 Å². The van der Waals surface area contributed by atoms with Crippen molar-refractivity contribution in [2.45, 2.75) is 38.8 Å². The molecule has 0 aliphatic carbocycles. The van der Waals surface area contributed by atoms with E-state index in [2.05, 4.69) is 5.32 Å². The zero-order valence-electron chi connectivity index (χ0n) is 9.41. The molecular formula is C10H18N2O3. The van der Waals surface area contributed by atoms with Crippen molar-refractivity contribution in [3.8, 4) is 0 Å². The van der Waals surface area contributed by atoms with E-state index in [0.29, 0.717) is 13.1 Å². The summed E-state index contributed by atoms with van der Waals surface area (Å²) in [6, 6.07) is -0.545. The van der Waals surface area contributed by atoms with Crippen molar-refractivity contribution in [1.29, 1.82) is 0 Å². The lowest BCUT2D eigenvalue weighted by Crippen LogP contribution is -2.65.